The van der Waals surface area contributed by atoms with Crippen molar-refractivity contribution in [1.82, 2.24) is 0 Å². The number of rotatable bonds is 10. The van der Waals surface area contributed by atoms with Gasteiger partial charge in [0.1, 0.15) is 0 Å². The third-order valence-electron chi connectivity index (χ3n) is 14.8. The molecule has 9 aromatic carbocycles. The van der Waals surface area contributed by atoms with Crippen molar-refractivity contribution in [1.29, 1.82) is 0 Å². The third kappa shape index (κ3) is 9.26. The predicted molar refractivity (Wildman–Crippen MR) is 311 cm³/mol. The van der Waals surface area contributed by atoms with Crippen LogP contribution in [0.15, 0.2) is 242 Å². The van der Waals surface area contributed by atoms with Crippen LogP contribution < -0.4 is 9.80 Å². The summed E-state index contributed by atoms with van der Waals surface area (Å²) >= 11 is 0. The number of anilines is 5. The number of fused-ring (bicyclic) bond motifs is 2. The van der Waals surface area contributed by atoms with Gasteiger partial charge in [0.2, 0.25) is 0 Å². The molecule has 354 valence electrons. The van der Waals surface area contributed by atoms with Crippen molar-refractivity contribution in [3.8, 4) is 33.4 Å². The fraction of sp³-hybridized carbons (Fsp3) is 0.171. The van der Waals surface area contributed by atoms with Crippen molar-refractivity contribution < 1.29 is 0 Å². The van der Waals surface area contributed by atoms with Gasteiger partial charge in [-0.05, 0) is 175 Å². The Bertz CT molecular complexity index is 3530. The molecule has 2 nitrogen and oxygen atoms in total. The van der Waals surface area contributed by atoms with Gasteiger partial charge in [-0.1, -0.05) is 211 Å². The Morgan fingerprint density at radius 2 is 0.819 bits per heavy atom. The van der Waals surface area contributed by atoms with E-state index in [1.54, 1.807) is 0 Å². The van der Waals surface area contributed by atoms with Gasteiger partial charge in [-0.3, -0.25) is 0 Å². The van der Waals surface area contributed by atoms with E-state index in [1.807, 2.05) is 0 Å². The highest BCUT2D eigenvalue weighted by Gasteiger charge is 2.26. The van der Waals surface area contributed by atoms with Crippen molar-refractivity contribution in [2.24, 2.45) is 5.41 Å². The highest BCUT2D eigenvalue weighted by Crippen LogP contribution is 2.49. The van der Waals surface area contributed by atoms with Gasteiger partial charge in [-0.25, -0.2) is 0 Å². The van der Waals surface area contributed by atoms with Gasteiger partial charge in [0.15, 0.2) is 0 Å². The van der Waals surface area contributed by atoms with Crippen LogP contribution in [0, 0.1) is 5.41 Å². The van der Waals surface area contributed by atoms with Gasteiger partial charge in [0.05, 0.1) is 0 Å². The van der Waals surface area contributed by atoms with Gasteiger partial charge in [-0.2, -0.15) is 0 Å². The van der Waals surface area contributed by atoms with E-state index >= 15 is 0 Å². The molecule has 0 saturated heterocycles. The number of benzene rings is 9. The average Bonchev–Trinajstić information content (AvgIpc) is 3.41. The van der Waals surface area contributed by atoms with Crippen LogP contribution in [0.3, 0.4) is 0 Å². The topological polar surface area (TPSA) is 6.48 Å². The number of allylic oxidation sites excluding steroid dienone is 8. The second-order valence-corrected chi connectivity index (χ2v) is 21.6. The number of hydrogen-bond donors (Lipinski definition) is 0. The van der Waals surface area contributed by atoms with Crippen molar-refractivity contribution in [3.05, 3.63) is 253 Å². The lowest BCUT2D eigenvalue weighted by atomic mass is 9.81. The second-order valence-electron chi connectivity index (χ2n) is 21.6. The quantitative estimate of drug-likeness (QED) is 0.126. The second kappa shape index (κ2) is 19.3. The molecule has 0 heterocycles. The molecule has 0 spiro atoms. The Hall–Kier alpha value is -7.94. The minimum absolute atomic E-state index is 0.0439. The Morgan fingerprint density at radius 3 is 1.32 bits per heavy atom. The molecule has 72 heavy (non-hydrogen) atoms. The fourth-order valence-corrected chi connectivity index (χ4v) is 10.9. The summed E-state index contributed by atoms with van der Waals surface area (Å²) in [6.45, 7) is 13.8. The molecule has 0 N–H and O–H groups in total. The zero-order chi connectivity index (χ0) is 49.4. The number of para-hydroxylation sites is 2. The summed E-state index contributed by atoms with van der Waals surface area (Å²) < 4.78 is 0. The lowest BCUT2D eigenvalue weighted by Crippen LogP contribution is -2.20. The predicted octanol–water partition coefficient (Wildman–Crippen LogP) is 20.3. The van der Waals surface area contributed by atoms with Crippen LogP contribution in [-0.4, -0.2) is 0 Å². The van der Waals surface area contributed by atoms with E-state index in [1.165, 1.54) is 82.9 Å². The molecular weight excluding hydrogens is 869 g/mol. The molecule has 0 amide bonds. The van der Waals surface area contributed by atoms with Gasteiger partial charge in [0.25, 0.3) is 0 Å². The van der Waals surface area contributed by atoms with Gasteiger partial charge >= 0.3 is 0 Å². The first kappa shape index (κ1) is 46.4. The Kier molecular flexibility index (Phi) is 12.5. The van der Waals surface area contributed by atoms with Crippen LogP contribution in [0.4, 0.5) is 28.4 Å². The van der Waals surface area contributed by atoms with Gasteiger partial charge in [-0.15, -0.1) is 0 Å². The van der Waals surface area contributed by atoms with Gasteiger partial charge < -0.3 is 9.80 Å². The molecule has 0 fully saturated rings. The highest BCUT2D eigenvalue weighted by molar-refractivity contribution is 6.22. The largest absolute Gasteiger partial charge is 0.314 e. The minimum atomic E-state index is 0.0439. The molecule has 0 bridgehead atoms. The molecule has 9 aromatic rings. The van der Waals surface area contributed by atoms with Crippen molar-refractivity contribution in [3.63, 3.8) is 0 Å². The molecule has 2 aliphatic rings. The molecule has 0 saturated carbocycles. The highest BCUT2D eigenvalue weighted by atomic mass is 15.2. The fourth-order valence-electron chi connectivity index (χ4n) is 10.9. The van der Waals surface area contributed by atoms with Crippen LogP contribution in [0.1, 0.15) is 78.4 Å². The lowest BCUT2D eigenvalue weighted by Gasteiger charge is -2.33. The lowest BCUT2D eigenvalue weighted by molar-refractivity contribution is 0.479. The molecule has 11 rings (SSSR count). The van der Waals surface area contributed by atoms with Crippen molar-refractivity contribution in [2.45, 2.75) is 72.6 Å². The zero-order valence-electron chi connectivity index (χ0n) is 42.7. The molecule has 0 unspecified atom stereocenters. The van der Waals surface area contributed by atoms with E-state index in [-0.39, 0.29) is 10.8 Å². The summed E-state index contributed by atoms with van der Waals surface area (Å²) in [7, 11) is 0. The summed E-state index contributed by atoms with van der Waals surface area (Å²) in [5, 5.41) is 4.87. The van der Waals surface area contributed by atoms with Gasteiger partial charge in [0, 0.05) is 34.1 Å². The zero-order valence-corrected chi connectivity index (χ0v) is 42.7. The summed E-state index contributed by atoms with van der Waals surface area (Å²) in [6, 6.07) is 74.7. The van der Waals surface area contributed by atoms with Crippen LogP contribution in [0.2, 0.25) is 0 Å². The van der Waals surface area contributed by atoms with E-state index < -0.39 is 0 Å². The Balaban J connectivity index is 1.19. The van der Waals surface area contributed by atoms with Crippen LogP contribution in [0.5, 0.6) is 0 Å². The Labute approximate surface area is 427 Å². The minimum Gasteiger partial charge on any atom is -0.314 e. The molecular formula is C70H64N2. The maximum absolute atomic E-state index is 2.50. The standard InChI is InChI=1S/C70H64N2/c1-69(2,3)55-35-39-59(40-36-55)71(57-23-15-9-16-24-57)61-43-45-63-65(47-61)67(53-31-27-51(28-32-53)49-19-11-7-12-20-49)64-46-44-62(48-66(64)68(63)54-33-29-52(30-34-54)50-21-13-8-14-22-50)72(58-25-17-10-18-26-58)60-41-37-56(38-42-60)70(4,5)6/h7-13,15-21,23-37,39-41,43-48H,14,22,38,42H2,1-6H3. The number of hydrogen-bond acceptors (Lipinski definition) is 2. The van der Waals surface area contributed by atoms with E-state index in [0.29, 0.717) is 0 Å². The molecule has 0 aromatic heterocycles. The van der Waals surface area contributed by atoms with Crippen LogP contribution in [0.25, 0.3) is 60.5 Å². The molecule has 2 heteroatoms. The average molecular weight is 933 g/mol. The van der Waals surface area contributed by atoms with Crippen LogP contribution >= 0.6 is 0 Å². The molecule has 2 aliphatic carbocycles. The van der Waals surface area contributed by atoms with E-state index in [4.69, 9.17) is 0 Å². The summed E-state index contributed by atoms with van der Waals surface area (Å²) in [5.74, 6) is 0. The first-order chi connectivity index (χ1) is 35.0. The molecule has 0 radical (unpaired) electrons. The third-order valence-corrected chi connectivity index (χ3v) is 14.8. The summed E-state index contributed by atoms with van der Waals surface area (Å²) in [6.07, 6.45) is 15.6. The summed E-state index contributed by atoms with van der Waals surface area (Å²) in [4.78, 5) is 4.91. The van der Waals surface area contributed by atoms with Crippen molar-refractivity contribution in [2.75, 3.05) is 9.80 Å². The number of nitrogens with zero attached hydrogens (tertiary/aromatic N) is 2. The first-order valence-electron chi connectivity index (χ1n) is 25.8. The monoisotopic (exact) mass is 933 g/mol. The van der Waals surface area contributed by atoms with E-state index in [0.717, 1.165) is 54.1 Å². The van der Waals surface area contributed by atoms with E-state index in [9.17, 15) is 0 Å². The van der Waals surface area contributed by atoms with E-state index in [2.05, 4.69) is 282 Å². The first-order valence-corrected chi connectivity index (χ1v) is 25.8. The SMILES string of the molecule is CC(C)(C)C1=CC=C(N(c2ccccc2)c2ccc3c(-c4ccc(-c5ccccc5)cc4)c4cc(N(c5ccccc5)c5ccc(C(C)(C)C)cc5)ccc4c(-c4ccc(C5=CC=CCC5)cc4)c3c2)CC1. The Morgan fingerprint density at radius 1 is 0.347 bits per heavy atom. The smallest absolute Gasteiger partial charge is 0.0468 e. The maximum Gasteiger partial charge on any atom is 0.0468 e. The van der Waals surface area contributed by atoms with Crippen molar-refractivity contribution >= 4 is 55.6 Å². The van der Waals surface area contributed by atoms with Crippen LogP contribution in [-0.2, 0) is 5.41 Å². The molecule has 0 atom stereocenters. The molecule has 0 aliphatic heterocycles. The maximum atomic E-state index is 2.50. The normalized spacial score (nSPS) is 13.9. The summed E-state index contributed by atoms with van der Waals surface area (Å²) in [5.41, 5.74) is 19.9.